The smallest absolute Gasteiger partial charge is 0.264 e. The zero-order chi connectivity index (χ0) is 25.7. The van der Waals surface area contributed by atoms with Crippen LogP contribution in [0.15, 0.2) is 108 Å². The van der Waals surface area contributed by atoms with Crippen molar-refractivity contribution in [2.24, 2.45) is 0 Å². The largest absolute Gasteiger partial charge is 0.344 e. The number of carbonyl (C=O) groups is 1. The van der Waals surface area contributed by atoms with Gasteiger partial charge >= 0.3 is 0 Å². The first-order valence-corrected chi connectivity index (χ1v) is 13.3. The van der Waals surface area contributed by atoms with Crippen LogP contribution in [0.1, 0.15) is 33.9 Å². The Morgan fingerprint density at radius 3 is 2.06 bits per heavy atom. The Bertz CT molecular complexity index is 1450. The fourth-order valence-electron chi connectivity index (χ4n) is 4.24. The minimum Gasteiger partial charge on any atom is -0.344 e. The Morgan fingerprint density at radius 1 is 0.778 bits per heavy atom. The molecule has 4 rings (SSSR count). The fraction of sp³-hybridized carbons (Fsp3) is 0.167. The fourth-order valence-corrected chi connectivity index (χ4v) is 5.74. The molecule has 0 aliphatic heterocycles. The number of nitrogens with one attached hydrogen (secondary N) is 1. The minimum atomic E-state index is -3.99. The van der Waals surface area contributed by atoms with Crippen molar-refractivity contribution in [1.82, 2.24) is 5.32 Å². The zero-order valence-electron chi connectivity index (χ0n) is 20.7. The summed E-state index contributed by atoms with van der Waals surface area (Å²) in [5.41, 5.74) is 5.08. The van der Waals surface area contributed by atoms with Gasteiger partial charge in [0.15, 0.2) is 0 Å². The van der Waals surface area contributed by atoms with Crippen LogP contribution in [-0.2, 0) is 14.8 Å². The highest BCUT2D eigenvalue weighted by Crippen LogP contribution is 2.29. The van der Waals surface area contributed by atoms with Gasteiger partial charge in [-0.1, -0.05) is 84.9 Å². The number of rotatable bonds is 8. The molecular formula is C30H30N2O3S. The van der Waals surface area contributed by atoms with Crippen molar-refractivity contribution >= 4 is 21.6 Å². The average molecular weight is 499 g/mol. The van der Waals surface area contributed by atoms with Gasteiger partial charge in [0.2, 0.25) is 5.91 Å². The highest BCUT2D eigenvalue weighted by molar-refractivity contribution is 7.92. The van der Waals surface area contributed by atoms with E-state index in [0.29, 0.717) is 5.69 Å². The normalized spacial score (nSPS) is 12.1. The van der Waals surface area contributed by atoms with Crippen molar-refractivity contribution < 1.29 is 13.2 Å². The molecule has 0 fully saturated rings. The van der Waals surface area contributed by atoms with Crippen molar-refractivity contribution in [3.8, 4) is 0 Å². The maximum absolute atomic E-state index is 13.8. The predicted octanol–water partition coefficient (Wildman–Crippen LogP) is 5.71. The van der Waals surface area contributed by atoms with Crippen LogP contribution < -0.4 is 9.62 Å². The number of anilines is 1. The number of hydrogen-bond donors (Lipinski definition) is 1. The Morgan fingerprint density at radius 2 is 1.39 bits per heavy atom. The van der Waals surface area contributed by atoms with E-state index in [1.54, 1.807) is 36.4 Å². The zero-order valence-corrected chi connectivity index (χ0v) is 21.5. The molecule has 0 saturated heterocycles. The van der Waals surface area contributed by atoms with Crippen LogP contribution in [0.3, 0.4) is 0 Å². The molecule has 0 aliphatic carbocycles. The molecular weight excluding hydrogens is 468 g/mol. The van der Waals surface area contributed by atoms with E-state index in [-0.39, 0.29) is 11.4 Å². The van der Waals surface area contributed by atoms with Gasteiger partial charge in [-0.15, -0.1) is 0 Å². The summed E-state index contributed by atoms with van der Waals surface area (Å²) < 4.78 is 28.7. The second-order valence-corrected chi connectivity index (χ2v) is 10.7. The first-order valence-electron chi connectivity index (χ1n) is 11.8. The summed E-state index contributed by atoms with van der Waals surface area (Å²) in [7, 11) is -3.99. The Hall–Kier alpha value is -3.90. The third-order valence-corrected chi connectivity index (χ3v) is 7.96. The minimum absolute atomic E-state index is 0.136. The second-order valence-electron chi connectivity index (χ2n) is 8.88. The Kier molecular flexibility index (Phi) is 7.55. The van der Waals surface area contributed by atoms with E-state index >= 15 is 0 Å². The van der Waals surface area contributed by atoms with Crippen molar-refractivity contribution in [2.75, 3.05) is 10.8 Å². The van der Waals surface area contributed by atoms with Gasteiger partial charge in [-0.05, 0) is 66.8 Å². The van der Waals surface area contributed by atoms with Crippen LogP contribution >= 0.6 is 0 Å². The molecule has 0 spiro atoms. The van der Waals surface area contributed by atoms with Gasteiger partial charge in [0, 0.05) is 0 Å². The van der Waals surface area contributed by atoms with Gasteiger partial charge < -0.3 is 5.32 Å². The van der Waals surface area contributed by atoms with Crippen LogP contribution in [0.25, 0.3) is 0 Å². The van der Waals surface area contributed by atoms with Crippen molar-refractivity contribution in [2.45, 2.75) is 31.7 Å². The number of sulfonamides is 1. The van der Waals surface area contributed by atoms with E-state index in [1.165, 1.54) is 4.31 Å². The van der Waals surface area contributed by atoms with Crippen LogP contribution in [0.4, 0.5) is 5.69 Å². The van der Waals surface area contributed by atoms with Crippen molar-refractivity contribution in [3.63, 3.8) is 0 Å². The summed E-state index contributed by atoms with van der Waals surface area (Å²) in [4.78, 5) is 13.7. The van der Waals surface area contributed by atoms with Gasteiger partial charge in [-0.3, -0.25) is 9.10 Å². The van der Waals surface area contributed by atoms with Gasteiger partial charge in [-0.25, -0.2) is 8.42 Å². The summed E-state index contributed by atoms with van der Waals surface area (Å²) in [6, 6.07) is 31.0. The molecule has 4 aromatic carbocycles. The van der Waals surface area contributed by atoms with Crippen LogP contribution in [-0.4, -0.2) is 20.9 Å². The monoisotopic (exact) mass is 498 g/mol. The molecule has 0 radical (unpaired) electrons. The highest BCUT2D eigenvalue weighted by Gasteiger charge is 2.29. The van der Waals surface area contributed by atoms with Crippen LogP contribution in [0.5, 0.6) is 0 Å². The van der Waals surface area contributed by atoms with Gasteiger partial charge in [0.25, 0.3) is 10.0 Å². The van der Waals surface area contributed by atoms with E-state index in [4.69, 9.17) is 0 Å². The molecule has 0 saturated carbocycles. The SMILES string of the molecule is Cc1ccc(C)c(N(CC(=O)N[C@@H](c2ccccc2)c2ccccc2C)S(=O)(=O)c2ccccc2)c1. The summed E-state index contributed by atoms with van der Waals surface area (Å²) in [6.45, 7) is 5.40. The molecule has 184 valence electrons. The number of nitrogens with zero attached hydrogens (tertiary/aromatic N) is 1. The quantitative estimate of drug-likeness (QED) is 0.338. The molecule has 4 aromatic rings. The second kappa shape index (κ2) is 10.8. The molecule has 1 atom stereocenters. The van der Waals surface area contributed by atoms with E-state index in [1.807, 2.05) is 87.5 Å². The van der Waals surface area contributed by atoms with Crippen molar-refractivity contribution in [3.05, 3.63) is 131 Å². The number of benzene rings is 4. The Labute approximate surface area is 213 Å². The molecule has 1 amide bonds. The maximum Gasteiger partial charge on any atom is 0.264 e. The molecule has 36 heavy (non-hydrogen) atoms. The van der Waals surface area contributed by atoms with E-state index in [0.717, 1.165) is 27.8 Å². The lowest BCUT2D eigenvalue weighted by atomic mass is 9.95. The number of carbonyl (C=O) groups excluding carboxylic acids is 1. The number of hydrogen-bond acceptors (Lipinski definition) is 3. The summed E-state index contributed by atoms with van der Waals surface area (Å²) in [6.07, 6.45) is 0. The average Bonchev–Trinajstić information content (AvgIpc) is 2.89. The topological polar surface area (TPSA) is 66.5 Å². The first kappa shape index (κ1) is 25.2. The van der Waals surface area contributed by atoms with E-state index < -0.39 is 22.0 Å². The van der Waals surface area contributed by atoms with Gasteiger partial charge in [0.05, 0.1) is 16.6 Å². The van der Waals surface area contributed by atoms with Gasteiger partial charge in [0.1, 0.15) is 6.54 Å². The molecule has 0 heterocycles. The molecule has 0 bridgehead atoms. The molecule has 1 N–H and O–H groups in total. The number of aryl methyl sites for hydroxylation is 3. The van der Waals surface area contributed by atoms with Crippen molar-refractivity contribution in [1.29, 1.82) is 0 Å². The lowest BCUT2D eigenvalue weighted by molar-refractivity contribution is -0.120. The lowest BCUT2D eigenvalue weighted by Crippen LogP contribution is -2.42. The van der Waals surface area contributed by atoms with Gasteiger partial charge in [-0.2, -0.15) is 0 Å². The molecule has 5 nitrogen and oxygen atoms in total. The molecule has 0 unspecified atom stereocenters. The standard InChI is InChI=1S/C30H30N2O3S/c1-22-18-19-24(3)28(20-22)32(36(34,35)26-15-8-5-9-16-26)21-29(33)31-30(25-13-6-4-7-14-25)27-17-11-10-12-23(27)2/h4-20,30H,21H2,1-3H3,(H,31,33)/t30-/m0/s1. The van der Waals surface area contributed by atoms with E-state index in [2.05, 4.69) is 5.32 Å². The Balaban J connectivity index is 1.73. The molecule has 0 aromatic heterocycles. The number of amides is 1. The molecule has 6 heteroatoms. The third-order valence-electron chi connectivity index (χ3n) is 6.19. The van der Waals surface area contributed by atoms with E-state index in [9.17, 15) is 13.2 Å². The predicted molar refractivity (Wildman–Crippen MR) is 144 cm³/mol. The third kappa shape index (κ3) is 5.50. The maximum atomic E-state index is 13.8. The van der Waals surface area contributed by atoms with Crippen LogP contribution in [0.2, 0.25) is 0 Å². The summed E-state index contributed by atoms with van der Waals surface area (Å²) in [5.74, 6) is -0.396. The lowest BCUT2D eigenvalue weighted by Gasteiger charge is -2.28. The van der Waals surface area contributed by atoms with Crippen LogP contribution in [0, 0.1) is 20.8 Å². The summed E-state index contributed by atoms with van der Waals surface area (Å²) in [5, 5.41) is 3.10. The summed E-state index contributed by atoms with van der Waals surface area (Å²) >= 11 is 0. The first-order chi connectivity index (χ1) is 17.3. The highest BCUT2D eigenvalue weighted by atomic mass is 32.2. The molecule has 0 aliphatic rings.